The second-order valence-corrected chi connectivity index (χ2v) is 16.0. The number of rotatable bonds is 7. The number of aromatic nitrogens is 1. The van der Waals surface area contributed by atoms with Crippen LogP contribution < -0.4 is 4.74 Å². The van der Waals surface area contributed by atoms with Gasteiger partial charge in [-0.05, 0) is 75.4 Å². The Bertz CT molecular complexity index is 2240. The molecule has 0 unspecified atom stereocenters. The number of hydrogen-bond acceptors (Lipinski definition) is 1. The van der Waals surface area contributed by atoms with Gasteiger partial charge in [-0.1, -0.05) is 183 Å². The van der Waals surface area contributed by atoms with Gasteiger partial charge in [0.1, 0.15) is 5.75 Å². The molecule has 0 atom stereocenters. The summed E-state index contributed by atoms with van der Waals surface area (Å²) < 4.78 is 4.88. The molecule has 2 nitrogen and oxygen atoms in total. The molecule has 1 aromatic heterocycles. The molecule has 0 radical (unpaired) electrons. The van der Waals surface area contributed by atoms with Crippen LogP contribution in [-0.4, -0.2) is 16.4 Å². The van der Waals surface area contributed by atoms with Crippen molar-refractivity contribution < 1.29 is 4.74 Å². The minimum absolute atomic E-state index is 0.0533. The van der Waals surface area contributed by atoms with Crippen LogP contribution >= 0.6 is 34.8 Å². The Morgan fingerprint density at radius 3 is 1.62 bits per heavy atom. The molecule has 0 fully saturated rings. The van der Waals surface area contributed by atoms with Crippen LogP contribution in [0.1, 0.15) is 44.4 Å². The monoisotopic (exact) mass is 743 g/mol. The minimum atomic E-state index is -0.750. The Labute approximate surface area is 323 Å². The van der Waals surface area contributed by atoms with E-state index in [9.17, 15) is 0 Å². The topological polar surface area (TPSA) is 25.0 Å². The Kier molecular flexibility index (Phi) is 11.5. The van der Waals surface area contributed by atoms with E-state index in [-0.39, 0.29) is 5.41 Å². The van der Waals surface area contributed by atoms with Gasteiger partial charge in [-0.25, -0.2) is 0 Å². The quantitative estimate of drug-likeness (QED) is 0.162. The van der Waals surface area contributed by atoms with Crippen molar-refractivity contribution in [3.05, 3.63) is 150 Å². The number of alkyl halides is 3. The average molecular weight is 745 g/mol. The van der Waals surface area contributed by atoms with E-state index in [1.165, 1.54) is 72.1 Å². The zero-order valence-corrected chi connectivity index (χ0v) is 32.8. The molecule has 264 valence electrons. The molecule has 0 bridgehead atoms. The highest BCUT2D eigenvalue weighted by Gasteiger charge is 2.27. The number of aromatic amines is 1. The van der Waals surface area contributed by atoms with Crippen molar-refractivity contribution in [1.82, 2.24) is 4.98 Å². The summed E-state index contributed by atoms with van der Waals surface area (Å²) in [6.45, 7) is 11.2. The van der Waals surface area contributed by atoms with Crippen LogP contribution in [0.2, 0.25) is 0 Å². The normalized spacial score (nSPS) is 11.4. The molecule has 0 aliphatic rings. The number of benzene rings is 6. The van der Waals surface area contributed by atoms with Crippen LogP contribution in [0.25, 0.3) is 66.5 Å². The van der Waals surface area contributed by atoms with E-state index in [0.29, 0.717) is 0 Å². The smallest absolute Gasteiger partial charge is 0.180 e. The largest absolute Gasteiger partial charge is 0.497 e. The molecule has 5 heteroatoms. The molecule has 7 aromatic rings. The van der Waals surface area contributed by atoms with Gasteiger partial charge >= 0.3 is 0 Å². The molecule has 0 aliphatic carbocycles. The summed E-state index contributed by atoms with van der Waals surface area (Å²) in [6, 6.07) is 46.7. The average Bonchev–Trinajstić information content (AvgIpc) is 3.59. The molecular weight excluding hydrogens is 701 g/mol. The van der Waals surface area contributed by atoms with Crippen LogP contribution in [0.5, 0.6) is 5.75 Å². The molecule has 6 aromatic carbocycles. The van der Waals surface area contributed by atoms with Crippen molar-refractivity contribution in [2.75, 3.05) is 7.11 Å². The van der Waals surface area contributed by atoms with Crippen molar-refractivity contribution in [3.8, 4) is 61.4 Å². The van der Waals surface area contributed by atoms with Gasteiger partial charge in [-0.3, -0.25) is 0 Å². The van der Waals surface area contributed by atoms with E-state index in [4.69, 9.17) is 39.5 Å². The summed E-state index contributed by atoms with van der Waals surface area (Å²) in [6.07, 6.45) is 3.21. The molecular formula is C47H44Cl3NO. The van der Waals surface area contributed by atoms with E-state index < -0.39 is 4.30 Å². The first-order valence-electron chi connectivity index (χ1n) is 17.6. The van der Waals surface area contributed by atoms with Gasteiger partial charge < -0.3 is 9.72 Å². The van der Waals surface area contributed by atoms with E-state index in [1.807, 2.05) is 0 Å². The van der Waals surface area contributed by atoms with Crippen LogP contribution in [-0.2, 0) is 11.8 Å². The second-order valence-electron chi connectivity index (χ2n) is 14.0. The minimum Gasteiger partial charge on any atom is -0.497 e. The molecule has 0 spiro atoms. The highest BCUT2D eigenvalue weighted by Crippen LogP contribution is 2.53. The van der Waals surface area contributed by atoms with Gasteiger partial charge in [0.15, 0.2) is 4.30 Å². The van der Waals surface area contributed by atoms with Crippen LogP contribution in [0.15, 0.2) is 134 Å². The predicted octanol–water partition coefficient (Wildman–Crippen LogP) is 14.7. The molecule has 1 N–H and O–H groups in total. The Hall–Kier alpha value is -4.47. The van der Waals surface area contributed by atoms with E-state index in [0.717, 1.165) is 23.3 Å². The van der Waals surface area contributed by atoms with Crippen molar-refractivity contribution in [2.45, 2.75) is 50.7 Å². The van der Waals surface area contributed by atoms with Crippen molar-refractivity contribution in [1.29, 1.82) is 0 Å². The highest BCUT2D eigenvalue weighted by atomic mass is 35.6. The lowest BCUT2D eigenvalue weighted by Crippen LogP contribution is -2.10. The number of H-pyrrole nitrogens is 1. The summed E-state index contributed by atoms with van der Waals surface area (Å²) in [7, 11) is 1.73. The van der Waals surface area contributed by atoms with Crippen LogP contribution in [0.4, 0.5) is 0 Å². The predicted molar refractivity (Wildman–Crippen MR) is 226 cm³/mol. The number of fused-ring (bicyclic) bond motifs is 1. The number of ether oxygens (including phenoxy) is 1. The Balaban J connectivity index is 0.00000110. The first-order chi connectivity index (χ1) is 25.0. The van der Waals surface area contributed by atoms with Gasteiger partial charge in [0.2, 0.25) is 0 Å². The third-order valence-corrected chi connectivity index (χ3v) is 9.62. The molecule has 7 rings (SSSR count). The summed E-state index contributed by atoms with van der Waals surface area (Å²) in [5.41, 5.74) is 17.0. The van der Waals surface area contributed by atoms with Crippen molar-refractivity contribution in [3.63, 3.8) is 0 Å². The van der Waals surface area contributed by atoms with Gasteiger partial charge in [-0.15, -0.1) is 0 Å². The molecule has 0 saturated heterocycles. The van der Waals surface area contributed by atoms with Gasteiger partial charge in [0, 0.05) is 33.8 Å². The number of hydrogen-bond donors (Lipinski definition) is 1. The lowest BCUT2D eigenvalue weighted by atomic mass is 9.78. The molecule has 0 aliphatic heterocycles. The van der Waals surface area contributed by atoms with E-state index >= 15 is 0 Å². The summed E-state index contributed by atoms with van der Waals surface area (Å²) in [5, 5.41) is 1.22. The Morgan fingerprint density at radius 1 is 0.596 bits per heavy atom. The number of methoxy groups -OCH3 is 1. The molecule has 1 heterocycles. The van der Waals surface area contributed by atoms with Crippen LogP contribution in [0, 0.1) is 6.92 Å². The number of nitrogens with one attached hydrogen (secondary N) is 1. The van der Waals surface area contributed by atoms with Gasteiger partial charge in [0.25, 0.3) is 0 Å². The maximum Gasteiger partial charge on any atom is 0.180 e. The Morgan fingerprint density at radius 2 is 1.08 bits per heavy atom. The number of halogens is 3. The molecule has 52 heavy (non-hydrogen) atoms. The lowest BCUT2D eigenvalue weighted by Gasteiger charge is -2.24. The zero-order chi connectivity index (χ0) is 37.0. The second kappa shape index (κ2) is 16.0. The highest BCUT2D eigenvalue weighted by molar-refractivity contribution is 6.63. The van der Waals surface area contributed by atoms with E-state index in [1.54, 1.807) is 7.11 Å². The maximum atomic E-state index is 5.63. The maximum absolute atomic E-state index is 5.63. The molecule has 0 amide bonds. The fourth-order valence-electron chi connectivity index (χ4n) is 6.90. The standard InChI is InChI=1S/C46H43NO.CHCl3/c1-7-31-15-19-36(20-16-31)43-41(34-21-25-37(26-22-34)46(3,4)5)40(35-23-27-38(48-6)28-24-35)42(33-11-9-8-10-12-33)44-39(29-47-45(43)44)32-17-13-30(2)14-18-32;2-1(3)4/h8-29,47H,7H2,1-6H3;1H. The summed E-state index contributed by atoms with van der Waals surface area (Å²) in [4.78, 5) is 3.83. The molecule has 0 saturated carbocycles. The van der Waals surface area contributed by atoms with Gasteiger partial charge in [0.05, 0.1) is 12.6 Å². The summed E-state index contributed by atoms with van der Waals surface area (Å²) >= 11 is 14.4. The first kappa shape index (κ1) is 37.3. The lowest BCUT2D eigenvalue weighted by molar-refractivity contribution is 0.415. The fourth-order valence-corrected chi connectivity index (χ4v) is 6.90. The third-order valence-electron chi connectivity index (χ3n) is 9.62. The zero-order valence-electron chi connectivity index (χ0n) is 30.5. The summed E-state index contributed by atoms with van der Waals surface area (Å²) in [5.74, 6) is 0.842. The van der Waals surface area contributed by atoms with Gasteiger partial charge in [-0.2, -0.15) is 0 Å². The van der Waals surface area contributed by atoms with Crippen LogP contribution in [0.3, 0.4) is 0 Å². The van der Waals surface area contributed by atoms with E-state index in [2.05, 4.69) is 173 Å². The third kappa shape index (κ3) is 7.96. The fraction of sp³-hybridized carbons (Fsp3) is 0.191. The number of aryl methyl sites for hydroxylation is 2. The first-order valence-corrected chi connectivity index (χ1v) is 18.9. The van der Waals surface area contributed by atoms with Crippen molar-refractivity contribution >= 4 is 45.7 Å². The van der Waals surface area contributed by atoms with Crippen molar-refractivity contribution in [2.24, 2.45) is 0 Å². The SMILES string of the molecule is CCc1ccc(-c2c(-c3ccc(C(C)(C)C)cc3)c(-c3ccc(OC)cc3)c(-c3ccccc3)c3c(-c4ccc(C)cc4)c[nH]c23)cc1.ClC(Cl)Cl.